The lowest BCUT2D eigenvalue weighted by Crippen LogP contribution is -2.43. The van der Waals surface area contributed by atoms with Gasteiger partial charge in [0.15, 0.2) is 0 Å². The van der Waals surface area contributed by atoms with E-state index in [0.29, 0.717) is 6.54 Å². The van der Waals surface area contributed by atoms with Crippen LogP contribution in [0.1, 0.15) is 48.5 Å². The van der Waals surface area contributed by atoms with Gasteiger partial charge in [-0.3, -0.25) is 9.59 Å². The quantitative estimate of drug-likeness (QED) is 0.729. The second kappa shape index (κ2) is 5.93. The maximum absolute atomic E-state index is 11.4. The summed E-state index contributed by atoms with van der Waals surface area (Å²) >= 11 is 1.58. The summed E-state index contributed by atoms with van der Waals surface area (Å²) < 4.78 is 0. The molecular weight excluding hydrogens is 276 g/mol. The van der Waals surface area contributed by atoms with Crippen LogP contribution in [0.25, 0.3) is 0 Å². The number of primary amides is 1. The SMILES string of the molecule is C[C@@H](O)c1ccc(C2(CNC(=O)C(N)=O)CCCC2)s1. The number of hydrogen-bond acceptors (Lipinski definition) is 4. The fourth-order valence-electron chi connectivity index (χ4n) is 2.76. The van der Waals surface area contributed by atoms with Crippen LogP contribution in [0.5, 0.6) is 0 Å². The summed E-state index contributed by atoms with van der Waals surface area (Å²) in [7, 11) is 0. The Morgan fingerprint density at radius 1 is 1.45 bits per heavy atom. The van der Waals surface area contributed by atoms with Crippen molar-refractivity contribution in [2.24, 2.45) is 5.73 Å². The van der Waals surface area contributed by atoms with Crippen LogP contribution >= 0.6 is 11.3 Å². The molecule has 6 heteroatoms. The number of thiophene rings is 1. The molecule has 1 fully saturated rings. The normalized spacial score (nSPS) is 18.7. The summed E-state index contributed by atoms with van der Waals surface area (Å²) in [6.45, 7) is 2.17. The molecule has 1 heterocycles. The molecule has 1 aliphatic carbocycles. The Morgan fingerprint density at radius 2 is 2.10 bits per heavy atom. The molecular formula is C14H20N2O3S. The summed E-state index contributed by atoms with van der Waals surface area (Å²) in [4.78, 5) is 24.3. The van der Waals surface area contributed by atoms with Gasteiger partial charge in [0.05, 0.1) is 6.10 Å². The van der Waals surface area contributed by atoms with Crippen molar-refractivity contribution in [2.75, 3.05) is 6.54 Å². The Labute approximate surface area is 122 Å². The first kappa shape index (κ1) is 15.0. The van der Waals surface area contributed by atoms with Crippen LogP contribution in [0.15, 0.2) is 12.1 Å². The Morgan fingerprint density at radius 3 is 2.60 bits per heavy atom. The van der Waals surface area contributed by atoms with Crippen molar-refractivity contribution in [2.45, 2.75) is 44.1 Å². The molecule has 1 aromatic heterocycles. The minimum atomic E-state index is -0.950. The second-order valence-electron chi connectivity index (χ2n) is 5.41. The van der Waals surface area contributed by atoms with Crippen molar-refractivity contribution in [1.82, 2.24) is 5.32 Å². The van der Waals surface area contributed by atoms with E-state index in [-0.39, 0.29) is 5.41 Å². The topological polar surface area (TPSA) is 92.4 Å². The molecule has 1 saturated carbocycles. The first-order chi connectivity index (χ1) is 9.44. The van der Waals surface area contributed by atoms with Gasteiger partial charge < -0.3 is 16.2 Å². The van der Waals surface area contributed by atoms with Crippen molar-refractivity contribution in [3.8, 4) is 0 Å². The van der Waals surface area contributed by atoms with E-state index in [2.05, 4.69) is 5.32 Å². The van der Waals surface area contributed by atoms with Gasteiger partial charge in [-0.05, 0) is 31.9 Å². The molecule has 0 aliphatic heterocycles. The van der Waals surface area contributed by atoms with Crippen molar-refractivity contribution >= 4 is 23.2 Å². The first-order valence-electron chi connectivity index (χ1n) is 6.80. The van der Waals surface area contributed by atoms with Crippen LogP contribution in [-0.2, 0) is 15.0 Å². The lowest BCUT2D eigenvalue weighted by molar-refractivity contribution is -0.137. The molecule has 0 saturated heterocycles. The third kappa shape index (κ3) is 3.02. The van der Waals surface area contributed by atoms with Gasteiger partial charge in [-0.2, -0.15) is 0 Å². The minimum absolute atomic E-state index is 0.122. The number of nitrogens with two attached hydrogens (primary N) is 1. The van der Waals surface area contributed by atoms with Crippen molar-refractivity contribution in [3.63, 3.8) is 0 Å². The molecule has 2 amide bonds. The summed E-state index contributed by atoms with van der Waals surface area (Å²) in [5, 5.41) is 12.3. The van der Waals surface area contributed by atoms with Crippen LogP contribution in [0.4, 0.5) is 0 Å². The summed E-state index contributed by atoms with van der Waals surface area (Å²) in [5.41, 5.74) is 4.84. The van der Waals surface area contributed by atoms with Gasteiger partial charge in [-0.1, -0.05) is 12.8 Å². The van der Waals surface area contributed by atoms with Gasteiger partial charge in [0.25, 0.3) is 0 Å². The van der Waals surface area contributed by atoms with Gasteiger partial charge in [0, 0.05) is 21.7 Å². The molecule has 0 unspecified atom stereocenters. The van der Waals surface area contributed by atoms with Crippen LogP contribution in [0, 0.1) is 0 Å². The second-order valence-corrected chi connectivity index (χ2v) is 6.53. The van der Waals surface area contributed by atoms with Gasteiger partial charge >= 0.3 is 11.8 Å². The Bertz CT molecular complexity index is 504. The number of aliphatic hydroxyl groups excluding tert-OH is 1. The highest BCUT2D eigenvalue weighted by molar-refractivity contribution is 7.12. The van der Waals surface area contributed by atoms with Crippen LogP contribution in [0.2, 0.25) is 0 Å². The maximum atomic E-state index is 11.4. The Kier molecular flexibility index (Phi) is 4.45. The number of aliphatic hydroxyl groups is 1. The zero-order valence-corrected chi connectivity index (χ0v) is 12.3. The maximum Gasteiger partial charge on any atom is 0.309 e. The minimum Gasteiger partial charge on any atom is -0.388 e. The van der Waals surface area contributed by atoms with E-state index in [0.717, 1.165) is 35.4 Å². The molecule has 0 spiro atoms. The number of hydrogen-bond donors (Lipinski definition) is 3. The number of carbonyl (C=O) groups is 2. The monoisotopic (exact) mass is 296 g/mol. The third-order valence-electron chi connectivity index (χ3n) is 3.93. The lowest BCUT2D eigenvalue weighted by Gasteiger charge is -2.28. The average molecular weight is 296 g/mol. The molecule has 0 bridgehead atoms. The zero-order chi connectivity index (χ0) is 14.8. The van der Waals surface area contributed by atoms with Crippen molar-refractivity contribution < 1.29 is 14.7 Å². The highest BCUT2D eigenvalue weighted by Gasteiger charge is 2.37. The molecule has 5 nitrogen and oxygen atoms in total. The highest BCUT2D eigenvalue weighted by atomic mass is 32.1. The average Bonchev–Trinajstić information content (AvgIpc) is 3.05. The fraction of sp³-hybridized carbons (Fsp3) is 0.571. The molecule has 0 aromatic carbocycles. The fourth-order valence-corrected chi connectivity index (χ4v) is 3.95. The van der Waals surface area contributed by atoms with E-state index in [1.54, 1.807) is 18.3 Å². The lowest BCUT2D eigenvalue weighted by atomic mass is 9.84. The van der Waals surface area contributed by atoms with E-state index in [4.69, 9.17) is 5.73 Å². The molecule has 4 N–H and O–H groups in total. The van der Waals surface area contributed by atoms with E-state index < -0.39 is 17.9 Å². The summed E-state index contributed by atoms with van der Waals surface area (Å²) in [6, 6.07) is 3.95. The predicted molar refractivity (Wildman–Crippen MR) is 77.3 cm³/mol. The molecule has 110 valence electrons. The van der Waals surface area contributed by atoms with Crippen molar-refractivity contribution in [3.05, 3.63) is 21.9 Å². The summed E-state index contributed by atoms with van der Waals surface area (Å²) in [5.74, 6) is -1.68. The van der Waals surface area contributed by atoms with E-state index in [1.165, 1.54) is 0 Å². The standard InChI is InChI=1S/C14H20N2O3S/c1-9(17)10-4-5-11(20-10)14(6-2-3-7-14)8-16-13(19)12(15)18/h4-5,9,17H,2-3,6-8H2,1H3,(H2,15,18)(H,16,19)/t9-/m1/s1. The van der Waals surface area contributed by atoms with Gasteiger partial charge in [0.1, 0.15) is 0 Å². The molecule has 1 aromatic rings. The Balaban J connectivity index is 2.16. The summed E-state index contributed by atoms with van der Waals surface area (Å²) in [6.07, 6.45) is 3.69. The molecule has 20 heavy (non-hydrogen) atoms. The smallest absolute Gasteiger partial charge is 0.309 e. The first-order valence-corrected chi connectivity index (χ1v) is 7.62. The number of nitrogens with one attached hydrogen (secondary N) is 1. The third-order valence-corrected chi connectivity index (χ3v) is 5.43. The van der Waals surface area contributed by atoms with Gasteiger partial charge in [-0.25, -0.2) is 0 Å². The van der Waals surface area contributed by atoms with Gasteiger partial charge in [0.2, 0.25) is 0 Å². The molecule has 2 rings (SSSR count). The number of carbonyl (C=O) groups excluding carboxylic acids is 2. The highest BCUT2D eigenvalue weighted by Crippen LogP contribution is 2.44. The Hall–Kier alpha value is -1.40. The predicted octanol–water partition coefficient (Wildman–Crippen LogP) is 1.21. The number of rotatable bonds is 4. The van der Waals surface area contributed by atoms with Gasteiger partial charge in [-0.15, -0.1) is 11.3 Å². The van der Waals surface area contributed by atoms with Crippen LogP contribution in [-0.4, -0.2) is 23.5 Å². The van der Waals surface area contributed by atoms with Crippen LogP contribution < -0.4 is 11.1 Å². The van der Waals surface area contributed by atoms with Crippen molar-refractivity contribution in [1.29, 1.82) is 0 Å². The molecule has 1 aliphatic rings. The van der Waals surface area contributed by atoms with E-state index in [9.17, 15) is 14.7 Å². The number of amides is 2. The molecule has 0 radical (unpaired) electrons. The largest absolute Gasteiger partial charge is 0.388 e. The van der Waals surface area contributed by atoms with Crippen LogP contribution in [0.3, 0.4) is 0 Å². The van der Waals surface area contributed by atoms with E-state index >= 15 is 0 Å². The molecule has 1 atom stereocenters. The zero-order valence-electron chi connectivity index (χ0n) is 11.5. The van der Waals surface area contributed by atoms with E-state index in [1.807, 2.05) is 12.1 Å².